The van der Waals surface area contributed by atoms with Crippen LogP contribution in [0.15, 0.2) is 41.0 Å². The Balaban J connectivity index is 2.20. The van der Waals surface area contributed by atoms with E-state index >= 15 is 0 Å². The van der Waals surface area contributed by atoms with E-state index in [2.05, 4.69) is 13.0 Å². The summed E-state index contributed by atoms with van der Waals surface area (Å²) in [5, 5.41) is 0. The molecule has 0 aliphatic heterocycles. The molecule has 1 heterocycles. The van der Waals surface area contributed by atoms with Gasteiger partial charge in [-0.25, -0.2) is 0 Å². The molecule has 2 rings (SSSR count). The zero-order chi connectivity index (χ0) is 12.3. The third-order valence-corrected chi connectivity index (χ3v) is 2.78. The van der Waals surface area contributed by atoms with Crippen molar-refractivity contribution in [1.82, 2.24) is 0 Å². The molecule has 0 amide bonds. The van der Waals surface area contributed by atoms with Gasteiger partial charge in [-0.15, -0.1) is 0 Å². The molecule has 0 aliphatic carbocycles. The third-order valence-electron chi connectivity index (χ3n) is 2.78. The number of ether oxygens (including phenoxy) is 1. The number of methoxy groups -OCH3 is 1. The van der Waals surface area contributed by atoms with Gasteiger partial charge in [0.25, 0.3) is 0 Å². The van der Waals surface area contributed by atoms with Gasteiger partial charge in [0.1, 0.15) is 11.5 Å². The average Bonchev–Trinajstić information content (AvgIpc) is 2.83. The van der Waals surface area contributed by atoms with Gasteiger partial charge < -0.3 is 14.9 Å². The fraction of sp³-hybridized carbons (Fsp3) is 0.286. The molecular formula is C14H17NO2. The molecule has 90 valence electrons. The molecule has 0 aliphatic rings. The van der Waals surface area contributed by atoms with Crippen LogP contribution in [-0.4, -0.2) is 7.11 Å². The van der Waals surface area contributed by atoms with Crippen molar-refractivity contribution in [3.63, 3.8) is 0 Å². The normalized spacial score (nSPS) is 12.4. The maximum Gasteiger partial charge on any atom is 0.122 e. The summed E-state index contributed by atoms with van der Waals surface area (Å²) in [5.74, 6) is 1.67. The molecule has 1 aromatic heterocycles. The Morgan fingerprint density at radius 2 is 2.18 bits per heavy atom. The lowest BCUT2D eigenvalue weighted by molar-refractivity contribution is 0.404. The highest BCUT2D eigenvalue weighted by Gasteiger charge is 2.12. The molecular weight excluding hydrogens is 214 g/mol. The highest BCUT2D eigenvalue weighted by Crippen LogP contribution is 2.25. The van der Waals surface area contributed by atoms with Gasteiger partial charge in [0.2, 0.25) is 0 Å². The van der Waals surface area contributed by atoms with Crippen molar-refractivity contribution >= 4 is 0 Å². The molecule has 0 spiro atoms. The molecule has 1 atom stereocenters. The van der Waals surface area contributed by atoms with E-state index in [1.807, 2.05) is 24.3 Å². The number of hydrogen-bond acceptors (Lipinski definition) is 3. The molecule has 2 N–H and O–H groups in total. The number of nitrogens with two attached hydrogens (primary N) is 1. The Hall–Kier alpha value is -1.74. The van der Waals surface area contributed by atoms with Crippen molar-refractivity contribution in [1.29, 1.82) is 0 Å². The zero-order valence-corrected chi connectivity index (χ0v) is 10.1. The minimum atomic E-state index is -0.138. The van der Waals surface area contributed by atoms with Gasteiger partial charge in [0, 0.05) is 0 Å². The molecule has 3 nitrogen and oxygen atoms in total. The molecule has 0 fully saturated rings. The lowest BCUT2D eigenvalue weighted by atomic mass is 10.0. The first kappa shape index (κ1) is 11.7. The highest BCUT2D eigenvalue weighted by molar-refractivity contribution is 5.37. The van der Waals surface area contributed by atoms with Crippen LogP contribution in [0, 0.1) is 6.92 Å². The molecule has 1 unspecified atom stereocenters. The first-order valence-corrected chi connectivity index (χ1v) is 5.63. The monoisotopic (exact) mass is 231 g/mol. The lowest BCUT2D eigenvalue weighted by Crippen LogP contribution is -2.13. The molecule has 17 heavy (non-hydrogen) atoms. The molecule has 0 saturated heterocycles. The number of rotatable bonds is 4. The standard InChI is InChI=1S/C14H17NO2/c1-10-5-6-13(16-2)11(8-10)9-12(15)14-4-3-7-17-14/h3-8,12H,9,15H2,1-2H3. The smallest absolute Gasteiger partial charge is 0.122 e. The van der Waals surface area contributed by atoms with Gasteiger partial charge in [-0.2, -0.15) is 0 Å². The fourth-order valence-corrected chi connectivity index (χ4v) is 1.91. The second-order valence-corrected chi connectivity index (χ2v) is 4.14. The largest absolute Gasteiger partial charge is 0.496 e. The number of furan rings is 1. The van der Waals surface area contributed by atoms with E-state index in [1.165, 1.54) is 5.56 Å². The lowest BCUT2D eigenvalue weighted by Gasteiger charge is -2.13. The van der Waals surface area contributed by atoms with E-state index in [1.54, 1.807) is 13.4 Å². The first-order valence-electron chi connectivity index (χ1n) is 5.63. The van der Waals surface area contributed by atoms with Crippen molar-refractivity contribution < 1.29 is 9.15 Å². The van der Waals surface area contributed by atoms with Crippen LogP contribution in [-0.2, 0) is 6.42 Å². The fourth-order valence-electron chi connectivity index (χ4n) is 1.91. The number of benzene rings is 1. The van der Waals surface area contributed by atoms with Crippen molar-refractivity contribution in [3.05, 3.63) is 53.5 Å². The van der Waals surface area contributed by atoms with E-state index in [0.717, 1.165) is 17.1 Å². The summed E-state index contributed by atoms with van der Waals surface area (Å²) >= 11 is 0. The molecule has 3 heteroatoms. The van der Waals surface area contributed by atoms with Crippen LogP contribution in [0.25, 0.3) is 0 Å². The minimum absolute atomic E-state index is 0.138. The second-order valence-electron chi connectivity index (χ2n) is 4.14. The molecule has 2 aromatic rings. The van der Waals surface area contributed by atoms with Gasteiger partial charge in [0.05, 0.1) is 19.4 Å². The Labute approximate surface area is 101 Å². The summed E-state index contributed by atoms with van der Waals surface area (Å²) in [6, 6.07) is 9.71. The Bertz CT molecular complexity index is 477. The molecule has 0 bridgehead atoms. The topological polar surface area (TPSA) is 48.4 Å². The van der Waals surface area contributed by atoms with Crippen molar-refractivity contribution in [3.8, 4) is 5.75 Å². The average molecular weight is 231 g/mol. The summed E-state index contributed by atoms with van der Waals surface area (Å²) in [6.45, 7) is 2.06. The maximum absolute atomic E-state index is 6.10. The van der Waals surface area contributed by atoms with Gasteiger partial charge in [-0.1, -0.05) is 17.7 Å². The predicted molar refractivity (Wildman–Crippen MR) is 67.1 cm³/mol. The SMILES string of the molecule is COc1ccc(C)cc1CC(N)c1ccco1. The van der Waals surface area contributed by atoms with E-state index in [-0.39, 0.29) is 6.04 Å². The maximum atomic E-state index is 6.10. The van der Waals surface area contributed by atoms with Crippen LogP contribution in [0.5, 0.6) is 5.75 Å². The minimum Gasteiger partial charge on any atom is -0.496 e. The number of hydrogen-bond donors (Lipinski definition) is 1. The van der Waals surface area contributed by atoms with E-state index in [0.29, 0.717) is 6.42 Å². The summed E-state index contributed by atoms with van der Waals surface area (Å²) in [6.07, 6.45) is 2.35. The Morgan fingerprint density at radius 1 is 1.35 bits per heavy atom. The van der Waals surface area contributed by atoms with Crippen LogP contribution < -0.4 is 10.5 Å². The predicted octanol–water partition coefficient (Wildman–Crippen LogP) is 2.84. The van der Waals surface area contributed by atoms with Crippen molar-refractivity contribution in [2.75, 3.05) is 7.11 Å². The Morgan fingerprint density at radius 3 is 2.82 bits per heavy atom. The van der Waals surface area contributed by atoms with Crippen molar-refractivity contribution in [2.24, 2.45) is 5.73 Å². The van der Waals surface area contributed by atoms with E-state index in [9.17, 15) is 0 Å². The van der Waals surface area contributed by atoms with E-state index in [4.69, 9.17) is 14.9 Å². The van der Waals surface area contributed by atoms with Gasteiger partial charge >= 0.3 is 0 Å². The third kappa shape index (κ3) is 2.68. The quantitative estimate of drug-likeness (QED) is 0.880. The highest BCUT2D eigenvalue weighted by atomic mass is 16.5. The van der Waals surface area contributed by atoms with Crippen LogP contribution in [0.4, 0.5) is 0 Å². The van der Waals surface area contributed by atoms with Crippen molar-refractivity contribution in [2.45, 2.75) is 19.4 Å². The first-order chi connectivity index (χ1) is 8.20. The van der Waals surface area contributed by atoms with Crippen LogP contribution >= 0.6 is 0 Å². The summed E-state index contributed by atoms with van der Waals surface area (Å²) in [4.78, 5) is 0. The summed E-state index contributed by atoms with van der Waals surface area (Å²) < 4.78 is 10.6. The molecule has 0 saturated carbocycles. The number of aryl methyl sites for hydroxylation is 1. The van der Waals surface area contributed by atoms with Gasteiger partial charge in [-0.3, -0.25) is 0 Å². The van der Waals surface area contributed by atoms with E-state index < -0.39 is 0 Å². The van der Waals surface area contributed by atoms with Gasteiger partial charge in [-0.05, 0) is 37.1 Å². The second kappa shape index (κ2) is 5.06. The molecule has 0 radical (unpaired) electrons. The summed E-state index contributed by atoms with van der Waals surface area (Å²) in [7, 11) is 1.67. The summed E-state index contributed by atoms with van der Waals surface area (Å²) in [5.41, 5.74) is 8.40. The zero-order valence-electron chi connectivity index (χ0n) is 10.1. The van der Waals surface area contributed by atoms with Gasteiger partial charge in [0.15, 0.2) is 0 Å². The van der Waals surface area contributed by atoms with Crippen LogP contribution in [0.3, 0.4) is 0 Å². The van der Waals surface area contributed by atoms with Crippen LogP contribution in [0.2, 0.25) is 0 Å². The molecule has 1 aromatic carbocycles. The van der Waals surface area contributed by atoms with Crippen LogP contribution in [0.1, 0.15) is 22.9 Å². The Kier molecular flexibility index (Phi) is 3.49.